The summed E-state index contributed by atoms with van der Waals surface area (Å²) in [5, 5.41) is 17.8. The molecule has 0 aromatic carbocycles. The van der Waals surface area contributed by atoms with Gasteiger partial charge in [0.15, 0.2) is 5.16 Å². The van der Waals surface area contributed by atoms with Gasteiger partial charge in [-0.15, -0.1) is 21.5 Å². The summed E-state index contributed by atoms with van der Waals surface area (Å²) < 4.78 is 13.2. The molecule has 0 N–H and O–H groups in total. The number of hydrazone groups is 1. The summed E-state index contributed by atoms with van der Waals surface area (Å²) in [5.41, 5.74) is 0.904. The van der Waals surface area contributed by atoms with Gasteiger partial charge in [0.25, 0.3) is 5.91 Å². The van der Waals surface area contributed by atoms with Crippen molar-refractivity contribution < 1.29 is 13.6 Å². The van der Waals surface area contributed by atoms with Gasteiger partial charge >= 0.3 is 0 Å². The minimum atomic E-state index is -0.242. The Balaban J connectivity index is 1.22. The van der Waals surface area contributed by atoms with Crippen LogP contribution in [0.15, 0.2) is 73.4 Å². The first-order chi connectivity index (χ1) is 16.3. The Labute approximate surface area is 198 Å². The van der Waals surface area contributed by atoms with Crippen molar-refractivity contribution in [1.29, 1.82) is 0 Å². The van der Waals surface area contributed by atoms with Crippen LogP contribution in [0.1, 0.15) is 53.4 Å². The SMILES string of the molecule is O=C(CSc1nnc(C2CC2)n1Cc1ccco1)N1N=C(c2cccs2)CC1c1ccco1. The number of aromatic nitrogens is 3. The van der Waals surface area contributed by atoms with E-state index in [1.807, 2.05) is 41.8 Å². The maximum atomic E-state index is 13.3. The molecule has 1 aliphatic heterocycles. The number of nitrogens with zero attached hydrogens (tertiary/aromatic N) is 5. The molecule has 8 nitrogen and oxygen atoms in total. The predicted molar refractivity (Wildman–Crippen MR) is 124 cm³/mol. The van der Waals surface area contributed by atoms with Crippen molar-refractivity contribution in [3.8, 4) is 0 Å². The molecule has 1 amide bonds. The highest BCUT2D eigenvalue weighted by atomic mass is 32.2. The standard InChI is InChI=1S/C23H21N5O3S2/c29-21(28-18(19-5-2-10-31-19)12-17(26-28)20-6-3-11-32-20)14-33-23-25-24-22(15-7-8-15)27(23)13-16-4-1-9-30-16/h1-6,9-11,15,18H,7-8,12-14H2. The van der Waals surface area contributed by atoms with Crippen LogP contribution in [0.2, 0.25) is 0 Å². The van der Waals surface area contributed by atoms with Crippen molar-refractivity contribution >= 4 is 34.7 Å². The Morgan fingerprint density at radius 1 is 1.12 bits per heavy atom. The van der Waals surface area contributed by atoms with Gasteiger partial charge in [-0.2, -0.15) is 5.10 Å². The first kappa shape index (κ1) is 20.5. The van der Waals surface area contributed by atoms with Crippen LogP contribution < -0.4 is 0 Å². The van der Waals surface area contributed by atoms with E-state index in [1.165, 1.54) is 11.8 Å². The quantitative estimate of drug-likeness (QED) is 0.333. The molecule has 0 saturated heterocycles. The molecule has 4 aromatic heterocycles. The van der Waals surface area contributed by atoms with Crippen molar-refractivity contribution in [3.05, 3.63) is 76.5 Å². The molecule has 33 heavy (non-hydrogen) atoms. The van der Waals surface area contributed by atoms with Gasteiger partial charge in [-0.3, -0.25) is 9.36 Å². The molecular weight excluding hydrogens is 458 g/mol. The fraction of sp³-hybridized carbons (Fsp3) is 0.304. The van der Waals surface area contributed by atoms with Gasteiger partial charge in [0.05, 0.1) is 35.4 Å². The number of furan rings is 2. The summed E-state index contributed by atoms with van der Waals surface area (Å²) in [6.07, 6.45) is 6.17. The van der Waals surface area contributed by atoms with Crippen molar-refractivity contribution in [2.45, 2.75) is 42.9 Å². The first-order valence-corrected chi connectivity index (χ1v) is 12.7. The summed E-state index contributed by atoms with van der Waals surface area (Å²) in [5.74, 6) is 3.10. The highest BCUT2D eigenvalue weighted by Gasteiger charge is 2.36. The van der Waals surface area contributed by atoms with Crippen molar-refractivity contribution in [1.82, 2.24) is 19.8 Å². The van der Waals surface area contributed by atoms with Gasteiger partial charge in [-0.1, -0.05) is 17.8 Å². The number of hydrogen-bond donors (Lipinski definition) is 0. The van der Waals surface area contributed by atoms with Crippen molar-refractivity contribution in [3.63, 3.8) is 0 Å². The monoisotopic (exact) mass is 479 g/mol. The number of hydrogen-bond acceptors (Lipinski definition) is 8. The third-order valence-electron chi connectivity index (χ3n) is 5.75. The zero-order valence-corrected chi connectivity index (χ0v) is 19.3. The van der Waals surface area contributed by atoms with E-state index >= 15 is 0 Å². The number of rotatable bonds is 8. The second-order valence-corrected chi connectivity index (χ2v) is 9.96. The van der Waals surface area contributed by atoms with Crippen LogP contribution in [0.4, 0.5) is 0 Å². The molecule has 6 rings (SSSR count). The van der Waals surface area contributed by atoms with Crippen LogP contribution in [0.5, 0.6) is 0 Å². The topological polar surface area (TPSA) is 89.7 Å². The molecule has 168 valence electrons. The molecule has 0 radical (unpaired) electrons. The van der Waals surface area contributed by atoms with Crippen LogP contribution in [0, 0.1) is 0 Å². The fourth-order valence-electron chi connectivity index (χ4n) is 3.98. The zero-order valence-electron chi connectivity index (χ0n) is 17.7. The van der Waals surface area contributed by atoms with E-state index in [4.69, 9.17) is 8.83 Å². The van der Waals surface area contributed by atoms with E-state index in [9.17, 15) is 4.79 Å². The van der Waals surface area contributed by atoms with Gasteiger partial charge in [-0.25, -0.2) is 5.01 Å². The molecule has 2 aliphatic rings. The molecule has 1 fully saturated rings. The van der Waals surface area contributed by atoms with Gasteiger partial charge in [0.2, 0.25) is 0 Å². The number of thiophene rings is 1. The molecule has 0 bridgehead atoms. The third kappa shape index (κ3) is 4.16. The lowest BCUT2D eigenvalue weighted by Crippen LogP contribution is -2.28. The van der Waals surface area contributed by atoms with Crippen molar-refractivity contribution in [2.75, 3.05) is 5.75 Å². The number of thioether (sulfide) groups is 1. The average Bonchev–Trinajstić information content (AvgIpc) is 3.45. The Morgan fingerprint density at radius 3 is 2.73 bits per heavy atom. The zero-order chi connectivity index (χ0) is 22.2. The van der Waals surface area contributed by atoms with Gasteiger partial charge in [0.1, 0.15) is 23.4 Å². The Hall–Kier alpha value is -3.11. The molecule has 1 aliphatic carbocycles. The normalized spacial score (nSPS) is 18.1. The average molecular weight is 480 g/mol. The fourth-order valence-corrected chi connectivity index (χ4v) is 5.50. The maximum Gasteiger partial charge on any atom is 0.253 e. The Kier molecular flexibility index (Phi) is 5.39. The molecule has 1 saturated carbocycles. The molecule has 1 atom stereocenters. The van der Waals surface area contributed by atoms with E-state index in [1.54, 1.807) is 28.9 Å². The molecule has 5 heterocycles. The van der Waals surface area contributed by atoms with E-state index in [0.29, 0.717) is 18.9 Å². The van der Waals surface area contributed by atoms with Crippen LogP contribution in [-0.4, -0.2) is 37.1 Å². The van der Waals surface area contributed by atoms with Crippen LogP contribution >= 0.6 is 23.1 Å². The van der Waals surface area contributed by atoms with E-state index in [-0.39, 0.29) is 17.7 Å². The van der Waals surface area contributed by atoms with Crippen LogP contribution in [-0.2, 0) is 11.3 Å². The van der Waals surface area contributed by atoms with Crippen LogP contribution in [0.3, 0.4) is 0 Å². The molecule has 0 spiro atoms. The lowest BCUT2D eigenvalue weighted by Gasteiger charge is -2.19. The van der Waals surface area contributed by atoms with Gasteiger partial charge in [0, 0.05) is 12.3 Å². The summed E-state index contributed by atoms with van der Waals surface area (Å²) in [4.78, 5) is 14.4. The Bertz CT molecular complexity index is 1260. The molecule has 1 unspecified atom stereocenters. The van der Waals surface area contributed by atoms with E-state index < -0.39 is 0 Å². The van der Waals surface area contributed by atoms with Crippen LogP contribution in [0.25, 0.3) is 0 Å². The lowest BCUT2D eigenvalue weighted by molar-refractivity contribution is -0.130. The Morgan fingerprint density at radius 2 is 2.00 bits per heavy atom. The summed E-state index contributed by atoms with van der Waals surface area (Å²) in [6.45, 7) is 0.557. The maximum absolute atomic E-state index is 13.3. The molecule has 10 heteroatoms. The molecule has 4 aromatic rings. The number of amides is 1. The lowest BCUT2D eigenvalue weighted by atomic mass is 10.1. The smallest absolute Gasteiger partial charge is 0.253 e. The van der Waals surface area contributed by atoms with E-state index in [0.717, 1.165) is 45.9 Å². The van der Waals surface area contributed by atoms with E-state index in [2.05, 4.69) is 19.9 Å². The summed E-state index contributed by atoms with van der Waals surface area (Å²) in [7, 11) is 0. The minimum Gasteiger partial charge on any atom is -0.467 e. The van der Waals surface area contributed by atoms with Gasteiger partial charge < -0.3 is 8.83 Å². The summed E-state index contributed by atoms with van der Waals surface area (Å²) in [6, 6.07) is 11.3. The number of carbonyl (C=O) groups is 1. The summed E-state index contributed by atoms with van der Waals surface area (Å²) >= 11 is 3.01. The largest absolute Gasteiger partial charge is 0.467 e. The predicted octanol–water partition coefficient (Wildman–Crippen LogP) is 4.92. The first-order valence-electron chi connectivity index (χ1n) is 10.8. The minimum absolute atomic E-state index is 0.0894. The highest BCUT2D eigenvalue weighted by Crippen LogP contribution is 2.40. The molecular formula is C23H21N5O3S2. The second kappa shape index (κ2) is 8.68. The second-order valence-electron chi connectivity index (χ2n) is 8.07. The van der Waals surface area contributed by atoms with Gasteiger partial charge in [-0.05, 0) is 48.6 Å². The highest BCUT2D eigenvalue weighted by molar-refractivity contribution is 7.99. The van der Waals surface area contributed by atoms with Crippen molar-refractivity contribution in [2.24, 2.45) is 5.10 Å². The third-order valence-corrected chi connectivity index (χ3v) is 7.62. The number of carbonyl (C=O) groups excluding carboxylic acids is 1.